The zero-order valence-corrected chi connectivity index (χ0v) is 19.1. The number of rotatable bonds is 6. The predicted octanol–water partition coefficient (Wildman–Crippen LogP) is 3.19. The molecular formula is C24H36N6O. The maximum Gasteiger partial charge on any atom is 0.191 e. The molecular weight excluding hydrogens is 388 g/mol. The Hall–Kier alpha value is -2.41. The van der Waals surface area contributed by atoms with Crippen LogP contribution in [0.1, 0.15) is 62.0 Å². The van der Waals surface area contributed by atoms with Gasteiger partial charge in [-0.05, 0) is 38.7 Å². The maximum atomic E-state index is 6.18. The standard InChI is InChI=1S/C24H36N6O/c1-4-21-28-22-13-12-20(16-30(22)29-21)27-24(25-5-2)26-15-19-7-6-14-31-23(19)18-10-8-17(3)9-11-18/h8-11,19-20,23H,4-7,12-16H2,1-3H3,(H2,25,26,27). The summed E-state index contributed by atoms with van der Waals surface area (Å²) in [5.74, 6) is 3.33. The number of guanidine groups is 1. The van der Waals surface area contributed by atoms with E-state index in [0.29, 0.717) is 12.0 Å². The number of hydrogen-bond donors (Lipinski definition) is 2. The third-order valence-corrected chi connectivity index (χ3v) is 6.24. The molecule has 7 nitrogen and oxygen atoms in total. The molecule has 0 amide bonds. The van der Waals surface area contributed by atoms with E-state index in [4.69, 9.17) is 9.73 Å². The number of fused-ring (bicyclic) bond motifs is 1. The van der Waals surface area contributed by atoms with Crippen molar-refractivity contribution in [3.05, 3.63) is 47.0 Å². The molecule has 3 unspecified atom stereocenters. The smallest absolute Gasteiger partial charge is 0.191 e. The highest BCUT2D eigenvalue weighted by molar-refractivity contribution is 5.80. The fourth-order valence-corrected chi connectivity index (χ4v) is 4.50. The summed E-state index contributed by atoms with van der Waals surface area (Å²) >= 11 is 0. The van der Waals surface area contributed by atoms with Gasteiger partial charge in [-0.25, -0.2) is 9.67 Å². The summed E-state index contributed by atoms with van der Waals surface area (Å²) in [6.45, 7) is 9.61. The van der Waals surface area contributed by atoms with Crippen molar-refractivity contribution in [2.75, 3.05) is 19.7 Å². The molecule has 1 fully saturated rings. The SMILES string of the molecule is CCNC(=NCC1CCCOC1c1ccc(C)cc1)NC1CCc2nc(CC)nn2C1. The highest BCUT2D eigenvalue weighted by atomic mass is 16.5. The second kappa shape index (κ2) is 10.3. The van der Waals surface area contributed by atoms with Crippen LogP contribution in [0.2, 0.25) is 0 Å². The van der Waals surface area contributed by atoms with Gasteiger partial charge in [-0.3, -0.25) is 4.99 Å². The lowest BCUT2D eigenvalue weighted by atomic mass is 9.89. The highest BCUT2D eigenvalue weighted by Crippen LogP contribution is 2.34. The lowest BCUT2D eigenvalue weighted by molar-refractivity contribution is -0.0250. The summed E-state index contributed by atoms with van der Waals surface area (Å²) in [6, 6.07) is 9.06. The topological polar surface area (TPSA) is 76.4 Å². The van der Waals surface area contributed by atoms with E-state index in [2.05, 4.69) is 70.4 Å². The molecule has 0 aliphatic carbocycles. The van der Waals surface area contributed by atoms with Crippen LogP contribution in [0.15, 0.2) is 29.3 Å². The minimum atomic E-state index is 0.126. The molecule has 2 aliphatic rings. The van der Waals surface area contributed by atoms with Crippen LogP contribution in [0.25, 0.3) is 0 Å². The molecule has 3 atom stereocenters. The minimum absolute atomic E-state index is 0.126. The van der Waals surface area contributed by atoms with Crippen LogP contribution in [0.3, 0.4) is 0 Å². The van der Waals surface area contributed by atoms with Crippen LogP contribution in [-0.2, 0) is 24.1 Å². The Morgan fingerprint density at radius 2 is 2.06 bits per heavy atom. The third kappa shape index (κ3) is 5.45. The molecule has 1 aromatic carbocycles. The van der Waals surface area contributed by atoms with E-state index in [1.165, 1.54) is 11.1 Å². The van der Waals surface area contributed by atoms with Crippen molar-refractivity contribution in [1.29, 1.82) is 0 Å². The quantitative estimate of drug-likeness (QED) is 0.550. The molecule has 2 aromatic rings. The van der Waals surface area contributed by atoms with Crippen LogP contribution in [0.4, 0.5) is 0 Å². The molecule has 1 saturated heterocycles. The molecule has 3 heterocycles. The normalized spacial score (nSPS) is 24.0. The van der Waals surface area contributed by atoms with Gasteiger partial charge in [0.2, 0.25) is 0 Å². The fraction of sp³-hybridized carbons (Fsp3) is 0.625. The van der Waals surface area contributed by atoms with Crippen molar-refractivity contribution in [2.45, 2.75) is 71.6 Å². The number of nitrogens with one attached hydrogen (secondary N) is 2. The molecule has 0 saturated carbocycles. The number of benzene rings is 1. The number of aromatic nitrogens is 3. The molecule has 1 aromatic heterocycles. The third-order valence-electron chi connectivity index (χ3n) is 6.24. The van der Waals surface area contributed by atoms with E-state index in [0.717, 1.165) is 76.0 Å². The average Bonchev–Trinajstić information content (AvgIpc) is 3.21. The van der Waals surface area contributed by atoms with Crippen molar-refractivity contribution in [1.82, 2.24) is 25.4 Å². The Labute approximate surface area is 185 Å². The van der Waals surface area contributed by atoms with Gasteiger partial charge in [0.25, 0.3) is 0 Å². The first kappa shape index (κ1) is 21.8. The van der Waals surface area contributed by atoms with Crippen molar-refractivity contribution in [3.8, 4) is 0 Å². The van der Waals surface area contributed by atoms with Crippen molar-refractivity contribution >= 4 is 5.96 Å². The molecule has 7 heteroatoms. The second-order valence-electron chi connectivity index (χ2n) is 8.68. The summed E-state index contributed by atoms with van der Waals surface area (Å²) < 4.78 is 8.24. The predicted molar refractivity (Wildman–Crippen MR) is 123 cm³/mol. The Morgan fingerprint density at radius 1 is 1.23 bits per heavy atom. The van der Waals surface area contributed by atoms with Crippen LogP contribution in [-0.4, -0.2) is 46.5 Å². The number of hydrogen-bond acceptors (Lipinski definition) is 4. The summed E-state index contributed by atoms with van der Waals surface area (Å²) in [5.41, 5.74) is 2.54. The number of aliphatic imine (C=N–C) groups is 1. The zero-order valence-electron chi connectivity index (χ0n) is 19.1. The van der Waals surface area contributed by atoms with Gasteiger partial charge >= 0.3 is 0 Å². The van der Waals surface area contributed by atoms with E-state index in [1.54, 1.807) is 0 Å². The van der Waals surface area contributed by atoms with Gasteiger partial charge < -0.3 is 15.4 Å². The molecule has 0 bridgehead atoms. The van der Waals surface area contributed by atoms with E-state index < -0.39 is 0 Å². The number of nitrogens with zero attached hydrogens (tertiary/aromatic N) is 4. The second-order valence-corrected chi connectivity index (χ2v) is 8.68. The molecule has 4 rings (SSSR count). The summed E-state index contributed by atoms with van der Waals surface area (Å²) in [7, 11) is 0. The van der Waals surface area contributed by atoms with Crippen molar-refractivity contribution in [3.63, 3.8) is 0 Å². The Morgan fingerprint density at radius 3 is 2.84 bits per heavy atom. The molecule has 0 spiro atoms. The Balaban J connectivity index is 1.41. The first-order valence-electron chi connectivity index (χ1n) is 11.8. The fourth-order valence-electron chi connectivity index (χ4n) is 4.50. The van der Waals surface area contributed by atoms with E-state index in [1.807, 2.05) is 0 Å². The molecule has 31 heavy (non-hydrogen) atoms. The summed E-state index contributed by atoms with van der Waals surface area (Å²) in [4.78, 5) is 9.59. The summed E-state index contributed by atoms with van der Waals surface area (Å²) in [5, 5.41) is 11.7. The van der Waals surface area contributed by atoms with Gasteiger partial charge in [-0.1, -0.05) is 36.8 Å². The largest absolute Gasteiger partial charge is 0.373 e. The molecule has 2 N–H and O–H groups in total. The molecule has 2 aliphatic heterocycles. The molecule has 0 radical (unpaired) electrons. The van der Waals surface area contributed by atoms with Gasteiger partial charge in [0.05, 0.1) is 12.6 Å². The van der Waals surface area contributed by atoms with Crippen molar-refractivity contribution < 1.29 is 4.74 Å². The van der Waals surface area contributed by atoms with Gasteiger partial charge in [-0.15, -0.1) is 0 Å². The number of ether oxygens (including phenoxy) is 1. The lowest BCUT2D eigenvalue weighted by Crippen LogP contribution is -2.47. The minimum Gasteiger partial charge on any atom is -0.373 e. The maximum absolute atomic E-state index is 6.18. The van der Waals surface area contributed by atoms with Crippen LogP contribution < -0.4 is 10.6 Å². The monoisotopic (exact) mass is 424 g/mol. The summed E-state index contributed by atoms with van der Waals surface area (Å²) in [6.07, 6.45) is 5.26. The Bertz CT molecular complexity index is 875. The van der Waals surface area contributed by atoms with Gasteiger partial charge in [0.15, 0.2) is 11.8 Å². The first-order valence-corrected chi connectivity index (χ1v) is 11.8. The van der Waals surface area contributed by atoms with E-state index >= 15 is 0 Å². The Kier molecular flexibility index (Phi) is 7.22. The van der Waals surface area contributed by atoms with Crippen LogP contribution >= 0.6 is 0 Å². The molecule has 168 valence electrons. The highest BCUT2D eigenvalue weighted by Gasteiger charge is 2.28. The average molecular weight is 425 g/mol. The number of aryl methyl sites for hydroxylation is 3. The van der Waals surface area contributed by atoms with Crippen molar-refractivity contribution in [2.24, 2.45) is 10.9 Å². The van der Waals surface area contributed by atoms with Crippen LogP contribution in [0.5, 0.6) is 0 Å². The van der Waals surface area contributed by atoms with E-state index in [-0.39, 0.29) is 6.10 Å². The lowest BCUT2D eigenvalue weighted by Gasteiger charge is -2.31. The van der Waals surface area contributed by atoms with Crippen LogP contribution in [0, 0.1) is 12.8 Å². The van der Waals surface area contributed by atoms with Gasteiger partial charge in [-0.2, -0.15) is 5.10 Å². The van der Waals surface area contributed by atoms with Gasteiger partial charge in [0.1, 0.15) is 5.82 Å². The van der Waals surface area contributed by atoms with E-state index in [9.17, 15) is 0 Å². The first-order chi connectivity index (χ1) is 15.2. The zero-order chi connectivity index (χ0) is 21.6. The van der Waals surface area contributed by atoms with Gasteiger partial charge in [0, 0.05) is 44.5 Å².